The van der Waals surface area contributed by atoms with Gasteiger partial charge in [0.25, 0.3) is 0 Å². The molecule has 17 heavy (non-hydrogen) atoms. The third-order valence-corrected chi connectivity index (χ3v) is 6.06. The molecule has 0 spiro atoms. The van der Waals surface area contributed by atoms with Crippen LogP contribution in [0.5, 0.6) is 0 Å². The molecule has 0 aromatic rings. The highest BCUT2D eigenvalue weighted by Gasteiger charge is 2.42. The second kappa shape index (κ2) is 4.26. The normalized spacial score (nSPS) is 48.5. The summed E-state index contributed by atoms with van der Waals surface area (Å²) in [4.78, 5) is 0. The van der Waals surface area contributed by atoms with Gasteiger partial charge in [0.05, 0.1) is 0 Å². The highest BCUT2D eigenvalue weighted by atomic mass is 14.7. The number of fused-ring (bicyclic) bond motifs is 2. The van der Waals surface area contributed by atoms with Crippen LogP contribution in [-0.2, 0) is 0 Å². The molecule has 1 nitrogen and oxygen atoms in total. The third-order valence-electron chi connectivity index (χ3n) is 6.06. The van der Waals surface area contributed by atoms with Gasteiger partial charge in [-0.2, -0.15) is 0 Å². The molecule has 3 aliphatic carbocycles. The van der Waals surface area contributed by atoms with Crippen molar-refractivity contribution in [1.82, 2.24) is 0 Å². The molecule has 0 aromatic heterocycles. The fourth-order valence-electron chi connectivity index (χ4n) is 5.07. The van der Waals surface area contributed by atoms with Crippen molar-refractivity contribution < 1.29 is 0 Å². The summed E-state index contributed by atoms with van der Waals surface area (Å²) in [7, 11) is 0. The predicted octanol–water partition coefficient (Wildman–Crippen LogP) is 3.97. The van der Waals surface area contributed by atoms with Crippen molar-refractivity contribution >= 4 is 0 Å². The quantitative estimate of drug-likeness (QED) is 0.770. The zero-order valence-electron chi connectivity index (χ0n) is 11.6. The number of hydrogen-bond acceptors (Lipinski definition) is 1. The van der Waals surface area contributed by atoms with Gasteiger partial charge in [-0.05, 0) is 74.0 Å². The molecule has 0 heterocycles. The summed E-state index contributed by atoms with van der Waals surface area (Å²) in [6, 6.07) is 0.502. The molecule has 98 valence electrons. The Balaban J connectivity index is 1.60. The summed E-state index contributed by atoms with van der Waals surface area (Å²) in [6.45, 7) is 4.87. The van der Waals surface area contributed by atoms with Crippen molar-refractivity contribution in [3.05, 3.63) is 0 Å². The number of hydrogen-bond donors (Lipinski definition) is 1. The Morgan fingerprint density at radius 3 is 2.53 bits per heavy atom. The van der Waals surface area contributed by atoms with Crippen LogP contribution in [0, 0.1) is 29.1 Å². The van der Waals surface area contributed by atoms with Gasteiger partial charge in [-0.1, -0.05) is 20.3 Å². The monoisotopic (exact) mass is 235 g/mol. The molecular weight excluding hydrogens is 206 g/mol. The Hall–Kier alpha value is -0.0400. The number of nitrogens with two attached hydrogens (primary N) is 1. The molecule has 5 atom stereocenters. The van der Waals surface area contributed by atoms with Crippen molar-refractivity contribution in [2.45, 2.75) is 71.3 Å². The van der Waals surface area contributed by atoms with Crippen molar-refractivity contribution in [1.29, 1.82) is 0 Å². The Bertz CT molecular complexity index is 283. The van der Waals surface area contributed by atoms with Crippen LogP contribution >= 0.6 is 0 Å². The highest BCUT2D eigenvalue weighted by molar-refractivity contribution is 4.94. The van der Waals surface area contributed by atoms with Gasteiger partial charge in [0.15, 0.2) is 0 Å². The molecule has 0 saturated heterocycles. The Morgan fingerprint density at radius 1 is 1.06 bits per heavy atom. The molecule has 1 heteroatoms. The van der Waals surface area contributed by atoms with Gasteiger partial charge in [-0.3, -0.25) is 0 Å². The van der Waals surface area contributed by atoms with Crippen LogP contribution in [0.2, 0.25) is 0 Å². The highest BCUT2D eigenvalue weighted by Crippen LogP contribution is 2.52. The molecule has 3 saturated carbocycles. The molecule has 0 radical (unpaired) electrons. The maximum absolute atomic E-state index is 6.38. The predicted molar refractivity (Wildman–Crippen MR) is 72.7 cm³/mol. The number of rotatable bonds is 2. The average molecular weight is 235 g/mol. The van der Waals surface area contributed by atoms with Gasteiger partial charge in [0.2, 0.25) is 0 Å². The van der Waals surface area contributed by atoms with Crippen molar-refractivity contribution in [2.24, 2.45) is 34.8 Å². The summed E-state index contributed by atoms with van der Waals surface area (Å²) in [6.07, 6.45) is 11.6. The van der Waals surface area contributed by atoms with E-state index in [2.05, 4.69) is 13.8 Å². The van der Waals surface area contributed by atoms with Gasteiger partial charge < -0.3 is 5.73 Å². The minimum Gasteiger partial charge on any atom is -0.327 e. The van der Waals surface area contributed by atoms with Crippen LogP contribution in [0.15, 0.2) is 0 Å². The molecule has 5 unspecified atom stereocenters. The van der Waals surface area contributed by atoms with Crippen molar-refractivity contribution in [2.75, 3.05) is 0 Å². The summed E-state index contributed by atoms with van der Waals surface area (Å²) >= 11 is 0. The second-order valence-corrected chi connectivity index (χ2v) is 8.00. The van der Waals surface area contributed by atoms with Crippen LogP contribution < -0.4 is 5.73 Å². The molecule has 2 bridgehead atoms. The maximum Gasteiger partial charge on any atom is 0.00676 e. The van der Waals surface area contributed by atoms with Gasteiger partial charge in [0, 0.05) is 6.04 Å². The molecule has 0 aromatic carbocycles. The van der Waals surface area contributed by atoms with Crippen molar-refractivity contribution in [3.63, 3.8) is 0 Å². The average Bonchev–Trinajstić information content (AvgIpc) is 2.85. The lowest BCUT2D eigenvalue weighted by molar-refractivity contribution is 0.124. The van der Waals surface area contributed by atoms with E-state index in [4.69, 9.17) is 5.73 Å². The van der Waals surface area contributed by atoms with Crippen LogP contribution in [0.3, 0.4) is 0 Å². The fraction of sp³-hybridized carbons (Fsp3) is 1.00. The van der Waals surface area contributed by atoms with Crippen LogP contribution in [0.1, 0.15) is 65.2 Å². The summed E-state index contributed by atoms with van der Waals surface area (Å²) in [5.74, 6) is 4.04. The molecule has 0 aliphatic heterocycles. The topological polar surface area (TPSA) is 26.0 Å². The first-order chi connectivity index (χ1) is 8.03. The van der Waals surface area contributed by atoms with E-state index in [9.17, 15) is 0 Å². The molecule has 0 amide bonds. The van der Waals surface area contributed by atoms with E-state index in [-0.39, 0.29) is 0 Å². The SMILES string of the molecule is CC1(C)CCC(N)C(CC2CC3CCC2C3)C1. The van der Waals surface area contributed by atoms with Gasteiger partial charge in [-0.15, -0.1) is 0 Å². The summed E-state index contributed by atoms with van der Waals surface area (Å²) in [5, 5.41) is 0. The first kappa shape index (κ1) is 12.0. The van der Waals surface area contributed by atoms with Gasteiger partial charge >= 0.3 is 0 Å². The Labute approximate surface area is 107 Å². The van der Waals surface area contributed by atoms with Crippen LogP contribution in [0.25, 0.3) is 0 Å². The summed E-state index contributed by atoms with van der Waals surface area (Å²) < 4.78 is 0. The molecule has 2 N–H and O–H groups in total. The van der Waals surface area contributed by atoms with E-state index in [1.54, 1.807) is 6.42 Å². The molecule has 3 fully saturated rings. The molecule has 3 aliphatic rings. The zero-order valence-corrected chi connectivity index (χ0v) is 11.6. The van der Waals surface area contributed by atoms with Crippen LogP contribution in [-0.4, -0.2) is 6.04 Å². The van der Waals surface area contributed by atoms with Crippen LogP contribution in [0.4, 0.5) is 0 Å². The second-order valence-electron chi connectivity index (χ2n) is 8.00. The van der Waals surface area contributed by atoms with Crippen molar-refractivity contribution in [3.8, 4) is 0 Å². The first-order valence-corrected chi connectivity index (χ1v) is 7.79. The molecule has 3 rings (SSSR count). The smallest absolute Gasteiger partial charge is 0.00676 e. The summed E-state index contributed by atoms with van der Waals surface area (Å²) in [5.41, 5.74) is 6.93. The lowest BCUT2D eigenvalue weighted by atomic mass is 9.66. The lowest BCUT2D eigenvalue weighted by Gasteiger charge is -2.41. The zero-order chi connectivity index (χ0) is 12.0. The fourth-order valence-corrected chi connectivity index (χ4v) is 5.07. The lowest BCUT2D eigenvalue weighted by Crippen LogP contribution is -2.40. The van der Waals surface area contributed by atoms with E-state index >= 15 is 0 Å². The Morgan fingerprint density at radius 2 is 1.88 bits per heavy atom. The van der Waals surface area contributed by atoms with Gasteiger partial charge in [-0.25, -0.2) is 0 Å². The maximum atomic E-state index is 6.38. The third kappa shape index (κ3) is 2.41. The van der Waals surface area contributed by atoms with Gasteiger partial charge in [0.1, 0.15) is 0 Å². The van der Waals surface area contributed by atoms with E-state index in [1.165, 1.54) is 44.9 Å². The largest absolute Gasteiger partial charge is 0.327 e. The molecular formula is C16H29N. The van der Waals surface area contributed by atoms with E-state index in [1.807, 2.05) is 0 Å². The van der Waals surface area contributed by atoms with E-state index < -0.39 is 0 Å². The minimum absolute atomic E-state index is 0.502. The van der Waals surface area contributed by atoms with E-state index in [0.717, 1.165) is 23.7 Å². The Kier molecular flexibility index (Phi) is 3.01. The first-order valence-electron chi connectivity index (χ1n) is 7.79. The standard InChI is InChI=1S/C16H29N/c1-16(2)6-5-15(17)14(10-16)9-13-8-11-3-4-12(13)7-11/h11-15H,3-10,17H2,1-2H3. The minimum atomic E-state index is 0.502. The van der Waals surface area contributed by atoms with E-state index in [0.29, 0.717) is 11.5 Å².